The second-order valence-electron chi connectivity index (χ2n) is 6.17. The van der Waals surface area contributed by atoms with Gasteiger partial charge in [0.25, 0.3) is 0 Å². The molecule has 1 saturated heterocycles. The molecule has 1 aliphatic heterocycles. The van der Waals surface area contributed by atoms with Gasteiger partial charge in [0, 0.05) is 5.41 Å². The van der Waals surface area contributed by atoms with Crippen molar-refractivity contribution >= 4 is 5.97 Å². The number of rotatable bonds is 1. The lowest BCUT2D eigenvalue weighted by Crippen LogP contribution is -2.51. The number of ether oxygens (including phenoxy) is 2. The van der Waals surface area contributed by atoms with Crippen LogP contribution in [-0.4, -0.2) is 18.4 Å². The molecule has 4 unspecified atom stereocenters. The second-order valence-corrected chi connectivity index (χ2v) is 6.17. The van der Waals surface area contributed by atoms with Gasteiger partial charge in [-0.3, -0.25) is 4.79 Å². The van der Waals surface area contributed by atoms with Crippen molar-refractivity contribution in [1.29, 1.82) is 0 Å². The van der Waals surface area contributed by atoms with Gasteiger partial charge in [-0.1, -0.05) is 33.3 Å². The third kappa shape index (κ3) is 2.39. The summed E-state index contributed by atoms with van der Waals surface area (Å²) >= 11 is 0. The molecule has 0 aromatic carbocycles. The van der Waals surface area contributed by atoms with E-state index in [0.29, 0.717) is 0 Å². The molecule has 0 N–H and O–H groups in total. The fourth-order valence-corrected chi connectivity index (χ4v) is 2.68. The van der Waals surface area contributed by atoms with Gasteiger partial charge >= 0.3 is 5.97 Å². The summed E-state index contributed by atoms with van der Waals surface area (Å²) < 4.78 is 11.4. The van der Waals surface area contributed by atoms with Crippen LogP contribution in [0.15, 0.2) is 12.7 Å². The number of carbonyl (C=O) groups excluding carboxylic acids is 1. The van der Waals surface area contributed by atoms with Crippen molar-refractivity contribution in [2.75, 3.05) is 0 Å². The van der Waals surface area contributed by atoms with Crippen molar-refractivity contribution in [2.24, 2.45) is 17.3 Å². The minimum atomic E-state index is -0.417. The lowest BCUT2D eigenvalue weighted by Gasteiger charge is -2.44. The van der Waals surface area contributed by atoms with Crippen molar-refractivity contribution in [3.63, 3.8) is 0 Å². The Morgan fingerprint density at radius 2 is 2.06 bits per heavy atom. The van der Waals surface area contributed by atoms with Crippen LogP contribution in [0.3, 0.4) is 0 Å². The molecule has 0 bridgehead atoms. The number of carbonyl (C=O) groups is 1. The van der Waals surface area contributed by atoms with Crippen LogP contribution in [0.25, 0.3) is 0 Å². The summed E-state index contributed by atoms with van der Waals surface area (Å²) in [5.41, 5.74) is -0.165. The monoisotopic (exact) mass is 238 g/mol. The molecule has 2 aliphatic rings. The Bertz CT molecular complexity index is 316. The van der Waals surface area contributed by atoms with Gasteiger partial charge in [-0.25, -0.2) is 0 Å². The first kappa shape index (κ1) is 12.6. The fourth-order valence-electron chi connectivity index (χ4n) is 2.68. The minimum Gasteiger partial charge on any atom is -0.435 e. The Hall–Kier alpha value is -0.830. The Kier molecular flexibility index (Phi) is 3.30. The van der Waals surface area contributed by atoms with E-state index in [9.17, 15) is 4.79 Å². The highest BCUT2D eigenvalue weighted by atomic mass is 16.7. The number of cyclic esters (lactones) is 1. The second kappa shape index (κ2) is 4.45. The third-order valence-corrected chi connectivity index (χ3v) is 3.69. The maximum Gasteiger partial charge on any atom is 0.314 e. The van der Waals surface area contributed by atoms with E-state index >= 15 is 0 Å². The summed E-state index contributed by atoms with van der Waals surface area (Å²) in [6.07, 6.45) is 4.54. The molecule has 0 amide bonds. The standard InChI is InChI=1S/C14H22O3/c1-5-9-7-6-8-10-11(9)12(15)17-13(16-10)14(2,3)4/h5,9-11,13H,1,6-8H2,2-4H3. The van der Waals surface area contributed by atoms with Crippen LogP contribution < -0.4 is 0 Å². The smallest absolute Gasteiger partial charge is 0.314 e. The average Bonchev–Trinajstić information content (AvgIpc) is 2.26. The van der Waals surface area contributed by atoms with Crippen LogP contribution in [-0.2, 0) is 14.3 Å². The summed E-state index contributed by atoms with van der Waals surface area (Å²) in [5.74, 6) is -0.0345. The molecular weight excluding hydrogens is 216 g/mol. The van der Waals surface area contributed by atoms with Crippen molar-refractivity contribution in [1.82, 2.24) is 0 Å². The van der Waals surface area contributed by atoms with Gasteiger partial charge in [0.05, 0.1) is 12.0 Å². The van der Waals surface area contributed by atoms with E-state index in [-0.39, 0.29) is 29.3 Å². The zero-order chi connectivity index (χ0) is 12.6. The zero-order valence-electron chi connectivity index (χ0n) is 10.9. The van der Waals surface area contributed by atoms with E-state index in [1.807, 2.05) is 26.8 Å². The van der Waals surface area contributed by atoms with Gasteiger partial charge in [0.15, 0.2) is 0 Å². The predicted molar refractivity (Wildman–Crippen MR) is 65.2 cm³/mol. The van der Waals surface area contributed by atoms with Crippen LogP contribution in [0.4, 0.5) is 0 Å². The van der Waals surface area contributed by atoms with E-state index in [0.717, 1.165) is 19.3 Å². The van der Waals surface area contributed by atoms with Crippen LogP contribution in [0, 0.1) is 17.3 Å². The summed E-state index contributed by atoms with van der Waals surface area (Å²) in [7, 11) is 0. The molecule has 3 heteroatoms. The van der Waals surface area contributed by atoms with E-state index in [4.69, 9.17) is 9.47 Å². The molecule has 2 rings (SSSR count). The Labute approximate surface area is 103 Å². The summed E-state index contributed by atoms with van der Waals surface area (Å²) in [6, 6.07) is 0. The van der Waals surface area contributed by atoms with Gasteiger partial charge in [-0.05, 0) is 18.8 Å². The Morgan fingerprint density at radius 3 is 2.65 bits per heavy atom. The average molecular weight is 238 g/mol. The van der Waals surface area contributed by atoms with E-state index in [1.54, 1.807) is 0 Å². The quantitative estimate of drug-likeness (QED) is 0.520. The maximum absolute atomic E-state index is 12.1. The SMILES string of the molecule is C=CC1CCCC2OC(C(C)(C)C)OC(=O)C12. The largest absolute Gasteiger partial charge is 0.435 e. The Balaban J connectivity index is 2.16. The highest BCUT2D eigenvalue weighted by Gasteiger charge is 2.47. The molecule has 0 aromatic rings. The first-order chi connectivity index (χ1) is 7.93. The minimum absolute atomic E-state index is 0.0113. The first-order valence-corrected chi connectivity index (χ1v) is 6.42. The molecule has 96 valence electrons. The fraction of sp³-hybridized carbons (Fsp3) is 0.786. The predicted octanol–water partition coefficient (Wildman–Crippen LogP) is 2.90. The topological polar surface area (TPSA) is 35.5 Å². The summed E-state index contributed by atoms with van der Waals surface area (Å²) in [4.78, 5) is 12.1. The van der Waals surface area contributed by atoms with Gasteiger partial charge in [0.2, 0.25) is 6.29 Å². The van der Waals surface area contributed by atoms with Crippen molar-refractivity contribution in [3.8, 4) is 0 Å². The normalized spacial score (nSPS) is 38.2. The van der Waals surface area contributed by atoms with Crippen molar-refractivity contribution in [2.45, 2.75) is 52.4 Å². The number of allylic oxidation sites excluding steroid dienone is 1. The molecule has 1 heterocycles. The van der Waals surface area contributed by atoms with E-state index < -0.39 is 6.29 Å². The van der Waals surface area contributed by atoms with Gasteiger partial charge in [-0.2, -0.15) is 0 Å². The zero-order valence-corrected chi connectivity index (χ0v) is 10.9. The molecule has 0 radical (unpaired) electrons. The van der Waals surface area contributed by atoms with Gasteiger partial charge in [-0.15, -0.1) is 6.58 Å². The maximum atomic E-state index is 12.1. The third-order valence-electron chi connectivity index (χ3n) is 3.69. The Morgan fingerprint density at radius 1 is 1.35 bits per heavy atom. The molecule has 4 atom stereocenters. The number of hydrogen-bond acceptors (Lipinski definition) is 3. The van der Waals surface area contributed by atoms with Gasteiger partial charge < -0.3 is 9.47 Å². The van der Waals surface area contributed by atoms with Crippen LogP contribution >= 0.6 is 0 Å². The molecule has 0 aromatic heterocycles. The molecule has 1 aliphatic carbocycles. The van der Waals surface area contributed by atoms with Crippen molar-refractivity contribution in [3.05, 3.63) is 12.7 Å². The van der Waals surface area contributed by atoms with Crippen molar-refractivity contribution < 1.29 is 14.3 Å². The summed E-state index contributed by atoms with van der Waals surface area (Å²) in [6.45, 7) is 9.89. The lowest BCUT2D eigenvalue weighted by atomic mass is 9.76. The first-order valence-electron chi connectivity index (χ1n) is 6.42. The molecule has 1 saturated carbocycles. The number of esters is 1. The highest BCUT2D eigenvalue weighted by Crippen LogP contribution is 2.40. The summed E-state index contributed by atoms with van der Waals surface area (Å²) in [5, 5.41) is 0. The van der Waals surface area contributed by atoms with Crippen LogP contribution in [0.5, 0.6) is 0 Å². The van der Waals surface area contributed by atoms with E-state index in [1.165, 1.54) is 0 Å². The number of hydrogen-bond donors (Lipinski definition) is 0. The van der Waals surface area contributed by atoms with Crippen LogP contribution in [0.1, 0.15) is 40.0 Å². The lowest BCUT2D eigenvalue weighted by molar-refractivity contribution is -0.265. The van der Waals surface area contributed by atoms with E-state index in [2.05, 4.69) is 6.58 Å². The molecule has 0 spiro atoms. The van der Waals surface area contributed by atoms with Gasteiger partial charge in [0.1, 0.15) is 0 Å². The molecule has 3 nitrogen and oxygen atoms in total. The molecular formula is C14H22O3. The van der Waals surface area contributed by atoms with Crippen LogP contribution in [0.2, 0.25) is 0 Å². The number of fused-ring (bicyclic) bond motifs is 1. The molecule has 2 fully saturated rings. The highest BCUT2D eigenvalue weighted by molar-refractivity contribution is 5.74. The molecule has 17 heavy (non-hydrogen) atoms.